The van der Waals surface area contributed by atoms with Crippen LogP contribution in [0.3, 0.4) is 0 Å². The molecule has 0 atom stereocenters. The fourth-order valence-electron chi connectivity index (χ4n) is 3.26. The normalized spacial score (nSPS) is 15.1. The van der Waals surface area contributed by atoms with Crippen molar-refractivity contribution in [2.75, 3.05) is 38.1 Å². The van der Waals surface area contributed by atoms with Crippen LogP contribution in [-0.2, 0) is 13.2 Å². The molecule has 150 valence electrons. The van der Waals surface area contributed by atoms with Crippen molar-refractivity contribution in [1.29, 1.82) is 0 Å². The van der Waals surface area contributed by atoms with Crippen molar-refractivity contribution in [2.24, 2.45) is 4.99 Å². The number of benzene rings is 2. The minimum Gasteiger partial charge on any atom is -0.392 e. The summed E-state index contributed by atoms with van der Waals surface area (Å²) >= 11 is 0. The van der Waals surface area contributed by atoms with Gasteiger partial charge in [0.25, 0.3) is 0 Å². The molecule has 2 aromatic carbocycles. The Bertz CT molecular complexity index is 851. The minimum atomic E-state index is -0.460. The molecule has 0 saturated carbocycles. The molecule has 0 amide bonds. The molecule has 1 aliphatic heterocycles. The molecular weight excluding hydrogens is 369 g/mol. The molecule has 3 rings (SSSR count). The lowest BCUT2D eigenvalue weighted by Crippen LogP contribution is -2.52. The number of nitrogens with one attached hydrogen (secondary N) is 1. The smallest absolute Gasteiger partial charge is 0.194 e. The van der Waals surface area contributed by atoms with Crippen LogP contribution in [0.25, 0.3) is 0 Å². The van der Waals surface area contributed by atoms with Crippen molar-refractivity contribution in [3.8, 4) is 0 Å². The number of rotatable bonds is 4. The van der Waals surface area contributed by atoms with Crippen LogP contribution in [0.4, 0.5) is 18.9 Å². The van der Waals surface area contributed by atoms with Gasteiger partial charge >= 0.3 is 0 Å². The third kappa shape index (κ3) is 4.56. The van der Waals surface area contributed by atoms with Crippen LogP contribution in [0.1, 0.15) is 11.1 Å². The Morgan fingerprint density at radius 2 is 1.75 bits per heavy atom. The van der Waals surface area contributed by atoms with Crippen LogP contribution in [0.5, 0.6) is 0 Å². The van der Waals surface area contributed by atoms with E-state index in [1.807, 2.05) is 9.80 Å². The van der Waals surface area contributed by atoms with E-state index in [1.165, 1.54) is 12.1 Å². The van der Waals surface area contributed by atoms with Crippen LogP contribution < -0.4 is 10.2 Å². The van der Waals surface area contributed by atoms with E-state index in [2.05, 4.69) is 10.3 Å². The molecule has 1 fully saturated rings. The predicted molar refractivity (Wildman–Crippen MR) is 103 cm³/mol. The Kier molecular flexibility index (Phi) is 6.41. The number of anilines is 1. The molecule has 0 bridgehead atoms. The van der Waals surface area contributed by atoms with Gasteiger partial charge in [-0.25, -0.2) is 13.2 Å². The summed E-state index contributed by atoms with van der Waals surface area (Å²) < 4.78 is 40.9. The fourth-order valence-corrected chi connectivity index (χ4v) is 3.26. The second kappa shape index (κ2) is 8.97. The molecule has 0 spiro atoms. The molecule has 5 nitrogen and oxygen atoms in total. The van der Waals surface area contributed by atoms with E-state index < -0.39 is 17.5 Å². The lowest BCUT2D eigenvalue weighted by atomic mass is 10.1. The molecule has 0 unspecified atom stereocenters. The van der Waals surface area contributed by atoms with Crippen LogP contribution in [0.2, 0.25) is 0 Å². The molecule has 1 saturated heterocycles. The van der Waals surface area contributed by atoms with Gasteiger partial charge in [-0.15, -0.1) is 0 Å². The maximum Gasteiger partial charge on any atom is 0.194 e. The summed E-state index contributed by atoms with van der Waals surface area (Å²) in [4.78, 5) is 8.12. The van der Waals surface area contributed by atoms with Gasteiger partial charge in [0, 0.05) is 51.4 Å². The van der Waals surface area contributed by atoms with E-state index in [0.717, 1.165) is 17.7 Å². The highest BCUT2D eigenvalue weighted by molar-refractivity contribution is 5.80. The Balaban J connectivity index is 1.59. The largest absolute Gasteiger partial charge is 0.392 e. The first-order valence-corrected chi connectivity index (χ1v) is 9.05. The predicted octanol–water partition coefficient (Wildman–Crippen LogP) is 2.49. The number of piperazine rings is 1. The molecule has 0 radical (unpaired) electrons. The van der Waals surface area contributed by atoms with Crippen molar-refractivity contribution in [1.82, 2.24) is 10.2 Å². The second-order valence-electron chi connectivity index (χ2n) is 6.55. The Labute approximate surface area is 162 Å². The first kappa shape index (κ1) is 20.0. The highest BCUT2D eigenvalue weighted by atomic mass is 19.1. The number of guanidine groups is 1. The summed E-state index contributed by atoms with van der Waals surface area (Å²) in [5.41, 5.74) is 1.34. The number of hydrogen-bond donors (Lipinski definition) is 2. The van der Waals surface area contributed by atoms with Crippen LogP contribution in [0.15, 0.2) is 41.4 Å². The number of aliphatic hydroxyl groups excluding tert-OH is 1. The van der Waals surface area contributed by atoms with Crippen molar-refractivity contribution in [3.05, 3.63) is 65.0 Å². The number of halogens is 3. The lowest BCUT2D eigenvalue weighted by molar-refractivity contribution is 0.275. The summed E-state index contributed by atoms with van der Waals surface area (Å²) in [6.07, 6.45) is 0. The summed E-state index contributed by atoms with van der Waals surface area (Å²) in [5.74, 6) is -0.656. The van der Waals surface area contributed by atoms with Crippen molar-refractivity contribution in [3.63, 3.8) is 0 Å². The van der Waals surface area contributed by atoms with Crippen molar-refractivity contribution < 1.29 is 18.3 Å². The summed E-state index contributed by atoms with van der Waals surface area (Å²) in [7, 11) is 1.67. The number of aliphatic hydroxyl groups is 1. The minimum absolute atomic E-state index is 0.250. The summed E-state index contributed by atoms with van der Waals surface area (Å²) in [6, 6.07) is 8.06. The second-order valence-corrected chi connectivity index (χ2v) is 6.55. The quantitative estimate of drug-likeness (QED) is 0.620. The molecule has 1 aliphatic rings. The molecule has 1 heterocycles. The molecule has 28 heavy (non-hydrogen) atoms. The van der Waals surface area contributed by atoms with Crippen LogP contribution in [-0.4, -0.2) is 49.2 Å². The van der Waals surface area contributed by atoms with Crippen LogP contribution >= 0.6 is 0 Å². The van der Waals surface area contributed by atoms with E-state index in [1.54, 1.807) is 19.2 Å². The first-order valence-electron chi connectivity index (χ1n) is 9.05. The highest BCUT2D eigenvalue weighted by Gasteiger charge is 2.22. The Morgan fingerprint density at radius 3 is 2.43 bits per heavy atom. The van der Waals surface area contributed by atoms with Gasteiger partial charge in [-0.05, 0) is 29.8 Å². The maximum absolute atomic E-state index is 14.0. The standard InChI is InChI=1S/C20H23F3N4O/c1-24-20(25-12-14-2-4-17(22)15(10-14)13-28)27-8-6-26(7-9-27)19-11-16(21)3-5-18(19)23/h2-5,10-11,28H,6-9,12-13H2,1H3,(H,24,25). The Morgan fingerprint density at radius 1 is 1.04 bits per heavy atom. The number of aliphatic imine (C=N–C) groups is 1. The van der Waals surface area contributed by atoms with Crippen molar-refractivity contribution >= 4 is 11.6 Å². The number of hydrogen-bond acceptors (Lipinski definition) is 3. The zero-order valence-electron chi connectivity index (χ0n) is 15.6. The number of nitrogens with zero attached hydrogens (tertiary/aromatic N) is 3. The summed E-state index contributed by atoms with van der Waals surface area (Å²) in [6.45, 7) is 2.34. The monoisotopic (exact) mass is 392 g/mol. The van der Waals surface area contributed by atoms with Gasteiger partial charge in [0.05, 0.1) is 12.3 Å². The molecular formula is C20H23F3N4O. The van der Waals surface area contributed by atoms with Gasteiger partial charge < -0.3 is 20.2 Å². The van der Waals surface area contributed by atoms with E-state index >= 15 is 0 Å². The zero-order valence-corrected chi connectivity index (χ0v) is 15.6. The van der Waals surface area contributed by atoms with Gasteiger partial charge in [0.2, 0.25) is 0 Å². The van der Waals surface area contributed by atoms with E-state index in [4.69, 9.17) is 0 Å². The zero-order chi connectivity index (χ0) is 20.1. The van der Waals surface area contributed by atoms with Gasteiger partial charge in [-0.2, -0.15) is 0 Å². The van der Waals surface area contributed by atoms with E-state index in [9.17, 15) is 18.3 Å². The third-order valence-corrected chi connectivity index (χ3v) is 4.77. The van der Waals surface area contributed by atoms with E-state index in [-0.39, 0.29) is 17.9 Å². The lowest BCUT2D eigenvalue weighted by Gasteiger charge is -2.37. The highest BCUT2D eigenvalue weighted by Crippen LogP contribution is 2.22. The van der Waals surface area contributed by atoms with Gasteiger partial charge in [0.15, 0.2) is 5.96 Å². The van der Waals surface area contributed by atoms with Gasteiger partial charge in [0.1, 0.15) is 17.5 Å². The third-order valence-electron chi connectivity index (χ3n) is 4.77. The SMILES string of the molecule is CN=C(NCc1ccc(F)c(CO)c1)N1CCN(c2cc(F)ccc2F)CC1. The molecule has 0 aliphatic carbocycles. The average Bonchev–Trinajstić information content (AvgIpc) is 2.72. The van der Waals surface area contributed by atoms with Gasteiger partial charge in [-0.3, -0.25) is 4.99 Å². The Hall–Kier alpha value is -2.74. The van der Waals surface area contributed by atoms with Gasteiger partial charge in [-0.1, -0.05) is 6.07 Å². The maximum atomic E-state index is 14.0. The van der Waals surface area contributed by atoms with E-state index in [0.29, 0.717) is 38.7 Å². The van der Waals surface area contributed by atoms with Crippen molar-refractivity contribution in [2.45, 2.75) is 13.2 Å². The average molecular weight is 392 g/mol. The molecule has 2 N–H and O–H groups in total. The fraction of sp³-hybridized carbons (Fsp3) is 0.350. The molecule has 0 aromatic heterocycles. The first-order chi connectivity index (χ1) is 13.5. The van der Waals surface area contributed by atoms with Crippen LogP contribution in [0, 0.1) is 17.5 Å². The topological polar surface area (TPSA) is 51.1 Å². The summed E-state index contributed by atoms with van der Waals surface area (Å²) in [5, 5.41) is 12.4. The molecule has 8 heteroatoms. The molecule has 2 aromatic rings.